The van der Waals surface area contributed by atoms with Crippen molar-refractivity contribution in [2.75, 3.05) is 6.16 Å². The Bertz CT molecular complexity index is 313. The summed E-state index contributed by atoms with van der Waals surface area (Å²) in [4.78, 5) is 29.4. The van der Waals surface area contributed by atoms with Gasteiger partial charge in [-0.15, -0.1) is 0 Å². The fourth-order valence-corrected chi connectivity index (χ4v) is 8.45. The maximum absolute atomic E-state index is 11.7. The molecule has 0 saturated heterocycles. The zero-order valence-electron chi connectivity index (χ0n) is 12.0. The van der Waals surface area contributed by atoms with Gasteiger partial charge >= 0.3 is 13.6 Å². The minimum Gasteiger partial charge on any atom is -0.518 e. The molecule has 0 rings (SSSR count). The molecule has 0 aromatic rings. The maximum Gasteiger partial charge on any atom is 0.336 e. The van der Waals surface area contributed by atoms with Crippen LogP contribution in [0, 0.1) is 0 Å². The van der Waals surface area contributed by atoms with Gasteiger partial charge in [-0.1, -0.05) is 41.5 Å². The average Bonchev–Trinajstić information content (AvgIpc) is 2.09. The van der Waals surface area contributed by atoms with Crippen LogP contribution in [0.25, 0.3) is 0 Å². The third-order valence-corrected chi connectivity index (χ3v) is 10.00. The van der Waals surface area contributed by atoms with Crippen LogP contribution in [0.15, 0.2) is 0 Å². The minimum atomic E-state index is -4.35. The van der Waals surface area contributed by atoms with E-state index in [1.807, 2.05) is 41.5 Å². The van der Waals surface area contributed by atoms with Crippen molar-refractivity contribution >= 4 is 21.9 Å². The molecule has 0 spiro atoms. The van der Waals surface area contributed by atoms with Crippen LogP contribution in [0.4, 0.5) is 0 Å². The maximum atomic E-state index is 11.7. The van der Waals surface area contributed by atoms with Gasteiger partial charge in [0, 0.05) is 0 Å². The molecule has 0 unspecified atom stereocenters. The number of rotatable bonds is 6. The molecule has 2 N–H and O–H groups in total. The second-order valence-corrected chi connectivity index (χ2v) is 12.6. The first-order valence-electron chi connectivity index (χ1n) is 6.19. The molecule has 0 aliphatic heterocycles. The summed E-state index contributed by atoms with van der Waals surface area (Å²) < 4.78 is 16.5. The number of carbonyl (C=O) groups excluding carboxylic acids is 1. The monoisotopic (exact) mass is 296 g/mol. The van der Waals surface area contributed by atoms with Crippen LogP contribution in [-0.4, -0.2) is 30.2 Å². The Hall–Kier alpha value is -0.163. The van der Waals surface area contributed by atoms with Crippen LogP contribution in [0.2, 0.25) is 16.6 Å². The van der Waals surface area contributed by atoms with Crippen molar-refractivity contribution in [1.82, 2.24) is 0 Å². The van der Waals surface area contributed by atoms with E-state index in [4.69, 9.17) is 14.2 Å². The first-order chi connectivity index (χ1) is 7.93. The predicted molar refractivity (Wildman–Crippen MR) is 74.1 cm³/mol. The minimum absolute atomic E-state index is 0.207. The summed E-state index contributed by atoms with van der Waals surface area (Å²) in [5, 5.41) is 0. The van der Waals surface area contributed by atoms with Gasteiger partial charge in [0.05, 0.1) is 0 Å². The van der Waals surface area contributed by atoms with Crippen LogP contribution in [0.1, 0.15) is 41.5 Å². The van der Waals surface area contributed by atoms with E-state index in [0.717, 1.165) is 0 Å². The highest BCUT2D eigenvalue weighted by Gasteiger charge is 2.48. The van der Waals surface area contributed by atoms with Gasteiger partial charge in [0.25, 0.3) is 8.32 Å². The van der Waals surface area contributed by atoms with E-state index in [1.165, 1.54) is 0 Å². The quantitative estimate of drug-likeness (QED) is 0.581. The molecule has 0 fully saturated rings. The van der Waals surface area contributed by atoms with E-state index in [0.29, 0.717) is 0 Å². The van der Waals surface area contributed by atoms with Crippen molar-refractivity contribution in [2.45, 2.75) is 58.2 Å². The lowest BCUT2D eigenvalue weighted by molar-refractivity contribution is -0.133. The topological polar surface area (TPSA) is 83.8 Å². The Labute approximate surface area is 110 Å². The highest BCUT2D eigenvalue weighted by molar-refractivity contribution is 7.52. The summed E-state index contributed by atoms with van der Waals surface area (Å²) in [6.45, 7) is 12.1. The fourth-order valence-electron chi connectivity index (χ4n) is 2.75. The molecule has 0 amide bonds. The van der Waals surface area contributed by atoms with E-state index in [1.54, 1.807) is 0 Å². The van der Waals surface area contributed by atoms with E-state index in [-0.39, 0.29) is 16.6 Å². The molecular weight excluding hydrogens is 271 g/mol. The van der Waals surface area contributed by atoms with Crippen LogP contribution < -0.4 is 0 Å². The number of hydrogen-bond donors (Lipinski definition) is 2. The van der Waals surface area contributed by atoms with Gasteiger partial charge in [-0.05, 0) is 16.6 Å². The Morgan fingerprint density at radius 3 is 1.61 bits per heavy atom. The molecule has 18 heavy (non-hydrogen) atoms. The average molecular weight is 296 g/mol. The smallest absolute Gasteiger partial charge is 0.336 e. The molecule has 0 bridgehead atoms. The molecular formula is C11H25O5PSi. The molecule has 0 atom stereocenters. The molecule has 0 aromatic carbocycles. The Kier molecular flexibility index (Phi) is 6.27. The van der Waals surface area contributed by atoms with Crippen LogP contribution >= 0.6 is 7.60 Å². The number of carbonyl (C=O) groups is 1. The first kappa shape index (κ1) is 17.8. The number of hydrogen-bond acceptors (Lipinski definition) is 3. The van der Waals surface area contributed by atoms with E-state index in [9.17, 15) is 9.36 Å². The van der Waals surface area contributed by atoms with Gasteiger partial charge in [-0.2, -0.15) is 0 Å². The van der Waals surface area contributed by atoms with E-state index >= 15 is 0 Å². The van der Waals surface area contributed by atoms with Crippen LogP contribution in [-0.2, 0) is 13.8 Å². The molecule has 0 heterocycles. The van der Waals surface area contributed by atoms with Crippen molar-refractivity contribution in [3.8, 4) is 0 Å². The largest absolute Gasteiger partial charge is 0.518 e. The fraction of sp³-hybridized carbons (Fsp3) is 0.909. The predicted octanol–water partition coefficient (Wildman–Crippen LogP) is 2.88. The Morgan fingerprint density at radius 2 is 1.39 bits per heavy atom. The van der Waals surface area contributed by atoms with Crippen molar-refractivity contribution in [3.63, 3.8) is 0 Å². The SMILES string of the molecule is CC(C)[Si](OC(=O)CP(=O)(O)O)(C(C)C)C(C)C. The third kappa shape index (κ3) is 4.50. The van der Waals surface area contributed by atoms with Crippen molar-refractivity contribution < 1.29 is 23.6 Å². The normalized spacial score (nSPS) is 13.5. The van der Waals surface area contributed by atoms with Crippen molar-refractivity contribution in [3.05, 3.63) is 0 Å². The van der Waals surface area contributed by atoms with Gasteiger partial charge in [0.2, 0.25) is 0 Å². The molecule has 0 saturated carbocycles. The molecule has 5 nitrogen and oxygen atoms in total. The second kappa shape index (κ2) is 6.33. The lowest BCUT2D eigenvalue weighted by Gasteiger charge is -2.41. The van der Waals surface area contributed by atoms with Gasteiger partial charge in [-0.3, -0.25) is 9.36 Å². The molecule has 0 radical (unpaired) electrons. The highest BCUT2D eigenvalue weighted by Crippen LogP contribution is 2.43. The summed E-state index contributed by atoms with van der Waals surface area (Å²) in [7, 11) is -6.73. The summed E-state index contributed by atoms with van der Waals surface area (Å²) in [5.74, 6) is -0.772. The summed E-state index contributed by atoms with van der Waals surface area (Å²) in [6, 6.07) is 0. The van der Waals surface area contributed by atoms with Crippen molar-refractivity contribution in [1.29, 1.82) is 0 Å². The standard InChI is InChI=1S/C11H25O5PSi/c1-8(2)18(9(3)4,10(5)6)16-11(12)7-17(13,14)15/h8-10H,7H2,1-6H3,(H2,13,14,15). The Balaban J connectivity index is 5.14. The molecule has 0 aromatic heterocycles. The summed E-state index contributed by atoms with van der Waals surface area (Å²) in [5.41, 5.74) is 0.620. The third-order valence-electron chi connectivity index (χ3n) is 3.33. The lowest BCUT2D eigenvalue weighted by atomic mass is 10.5. The van der Waals surface area contributed by atoms with Gasteiger partial charge in [0.1, 0.15) is 6.16 Å². The first-order valence-corrected chi connectivity index (χ1v) is 10.1. The van der Waals surface area contributed by atoms with Gasteiger partial charge in [0.15, 0.2) is 0 Å². The van der Waals surface area contributed by atoms with Gasteiger partial charge in [-0.25, -0.2) is 0 Å². The van der Waals surface area contributed by atoms with Gasteiger partial charge < -0.3 is 14.2 Å². The molecule has 108 valence electrons. The van der Waals surface area contributed by atoms with Crippen LogP contribution in [0.3, 0.4) is 0 Å². The van der Waals surface area contributed by atoms with E-state index in [2.05, 4.69) is 0 Å². The molecule has 0 aliphatic carbocycles. The lowest BCUT2D eigenvalue weighted by Crippen LogP contribution is -2.49. The van der Waals surface area contributed by atoms with Crippen LogP contribution in [0.5, 0.6) is 0 Å². The van der Waals surface area contributed by atoms with Crippen molar-refractivity contribution in [2.24, 2.45) is 0 Å². The van der Waals surface area contributed by atoms with E-state index < -0.39 is 28.0 Å². The zero-order chi connectivity index (χ0) is 14.7. The molecule has 7 heteroatoms. The Morgan fingerprint density at radius 1 is 1.06 bits per heavy atom. The summed E-state index contributed by atoms with van der Waals surface area (Å²) >= 11 is 0. The molecule has 0 aliphatic rings. The highest BCUT2D eigenvalue weighted by atomic mass is 31.2. The summed E-state index contributed by atoms with van der Waals surface area (Å²) in [6.07, 6.45) is -0.825. The second-order valence-electron chi connectivity index (χ2n) is 5.61. The zero-order valence-corrected chi connectivity index (χ0v) is 13.9.